The van der Waals surface area contributed by atoms with E-state index in [1.165, 1.54) is 11.1 Å². The molecule has 0 unspecified atom stereocenters. The van der Waals surface area contributed by atoms with Crippen molar-refractivity contribution >= 4 is 0 Å². The van der Waals surface area contributed by atoms with Crippen molar-refractivity contribution in [2.75, 3.05) is 21.3 Å². The summed E-state index contributed by atoms with van der Waals surface area (Å²) in [5, 5.41) is 9.72. The first-order valence-corrected chi connectivity index (χ1v) is 8.55. The topological polar surface area (TPSA) is 47.9 Å². The van der Waals surface area contributed by atoms with Gasteiger partial charge in [0.25, 0.3) is 0 Å². The zero-order valence-corrected chi connectivity index (χ0v) is 15.7. The van der Waals surface area contributed by atoms with Crippen molar-refractivity contribution in [3.05, 3.63) is 47.5 Å². The van der Waals surface area contributed by atoms with Gasteiger partial charge in [-0.05, 0) is 60.1 Å². The maximum atomic E-state index is 9.72. The highest BCUT2D eigenvalue weighted by Gasteiger charge is 2.16. The third-order valence-electron chi connectivity index (χ3n) is 4.78. The number of rotatable bonds is 8. The van der Waals surface area contributed by atoms with Crippen LogP contribution in [0, 0.1) is 11.8 Å². The molecule has 0 aromatic heterocycles. The van der Waals surface area contributed by atoms with E-state index in [0.717, 1.165) is 24.3 Å². The Bertz CT molecular complexity index is 696. The molecule has 2 atom stereocenters. The van der Waals surface area contributed by atoms with Crippen LogP contribution in [0.2, 0.25) is 0 Å². The van der Waals surface area contributed by atoms with E-state index in [4.69, 9.17) is 14.2 Å². The lowest BCUT2D eigenvalue weighted by molar-refractivity contribution is 0.352. The zero-order chi connectivity index (χ0) is 18.4. The third-order valence-corrected chi connectivity index (χ3v) is 4.78. The van der Waals surface area contributed by atoms with Crippen molar-refractivity contribution in [1.82, 2.24) is 0 Å². The van der Waals surface area contributed by atoms with Gasteiger partial charge < -0.3 is 19.3 Å². The first kappa shape index (κ1) is 19.0. The van der Waals surface area contributed by atoms with Crippen LogP contribution in [-0.2, 0) is 12.8 Å². The zero-order valence-electron chi connectivity index (χ0n) is 15.7. The minimum Gasteiger partial charge on any atom is -0.504 e. The molecule has 0 heterocycles. The number of hydrogen-bond acceptors (Lipinski definition) is 4. The molecular weight excluding hydrogens is 316 g/mol. The molecule has 0 aliphatic rings. The van der Waals surface area contributed by atoms with E-state index in [-0.39, 0.29) is 5.75 Å². The number of ether oxygens (including phenoxy) is 3. The third kappa shape index (κ3) is 4.81. The number of aromatic hydroxyl groups is 1. The van der Waals surface area contributed by atoms with Crippen molar-refractivity contribution < 1.29 is 19.3 Å². The van der Waals surface area contributed by atoms with Gasteiger partial charge in [-0.1, -0.05) is 26.0 Å². The van der Waals surface area contributed by atoms with Gasteiger partial charge in [-0.15, -0.1) is 0 Å². The average Bonchev–Trinajstić information content (AvgIpc) is 2.62. The Morgan fingerprint density at radius 2 is 1.20 bits per heavy atom. The van der Waals surface area contributed by atoms with E-state index in [1.807, 2.05) is 24.3 Å². The Morgan fingerprint density at radius 1 is 0.720 bits per heavy atom. The van der Waals surface area contributed by atoms with Crippen LogP contribution in [0.4, 0.5) is 0 Å². The maximum Gasteiger partial charge on any atom is 0.160 e. The van der Waals surface area contributed by atoms with Crippen LogP contribution in [0.1, 0.15) is 25.0 Å². The second-order valence-corrected chi connectivity index (χ2v) is 6.56. The largest absolute Gasteiger partial charge is 0.504 e. The molecule has 0 saturated heterocycles. The molecule has 0 amide bonds. The Hall–Kier alpha value is -2.36. The van der Waals surface area contributed by atoms with Crippen LogP contribution in [0.15, 0.2) is 36.4 Å². The van der Waals surface area contributed by atoms with E-state index in [0.29, 0.717) is 17.6 Å². The molecule has 0 saturated carbocycles. The number of hydrogen-bond donors (Lipinski definition) is 1. The molecule has 2 aromatic rings. The van der Waals surface area contributed by atoms with Gasteiger partial charge in [-0.3, -0.25) is 0 Å². The molecule has 0 fully saturated rings. The van der Waals surface area contributed by atoms with Crippen molar-refractivity contribution in [1.29, 1.82) is 0 Å². The monoisotopic (exact) mass is 344 g/mol. The number of benzene rings is 2. The summed E-state index contributed by atoms with van der Waals surface area (Å²) in [6, 6.07) is 11.7. The highest BCUT2D eigenvalue weighted by molar-refractivity contribution is 5.43. The van der Waals surface area contributed by atoms with E-state index in [2.05, 4.69) is 19.9 Å². The van der Waals surface area contributed by atoms with Crippen LogP contribution in [0.5, 0.6) is 23.0 Å². The van der Waals surface area contributed by atoms with Gasteiger partial charge in [0.15, 0.2) is 23.0 Å². The Morgan fingerprint density at radius 3 is 1.72 bits per heavy atom. The second-order valence-electron chi connectivity index (χ2n) is 6.56. The molecule has 136 valence electrons. The lowest BCUT2D eigenvalue weighted by Crippen LogP contribution is -2.14. The summed E-state index contributed by atoms with van der Waals surface area (Å²) >= 11 is 0. The first-order valence-electron chi connectivity index (χ1n) is 8.55. The van der Waals surface area contributed by atoms with E-state index in [1.54, 1.807) is 27.4 Å². The summed E-state index contributed by atoms with van der Waals surface area (Å²) in [6.45, 7) is 4.52. The van der Waals surface area contributed by atoms with Crippen molar-refractivity contribution in [3.63, 3.8) is 0 Å². The molecule has 4 nitrogen and oxygen atoms in total. The highest BCUT2D eigenvalue weighted by atomic mass is 16.5. The van der Waals surface area contributed by atoms with Crippen molar-refractivity contribution in [2.24, 2.45) is 11.8 Å². The van der Waals surface area contributed by atoms with Gasteiger partial charge >= 0.3 is 0 Å². The van der Waals surface area contributed by atoms with E-state index >= 15 is 0 Å². The fourth-order valence-electron chi connectivity index (χ4n) is 3.00. The predicted octanol–water partition coefficient (Wildman–Crippen LogP) is 4.48. The summed E-state index contributed by atoms with van der Waals surface area (Å²) in [4.78, 5) is 0. The average molecular weight is 344 g/mol. The summed E-state index contributed by atoms with van der Waals surface area (Å²) in [5.74, 6) is 3.21. The molecule has 25 heavy (non-hydrogen) atoms. The molecule has 4 heteroatoms. The summed E-state index contributed by atoms with van der Waals surface area (Å²) in [5.41, 5.74) is 2.40. The normalized spacial score (nSPS) is 13.2. The van der Waals surface area contributed by atoms with Crippen LogP contribution in [-0.4, -0.2) is 26.4 Å². The second kappa shape index (κ2) is 8.65. The summed E-state index contributed by atoms with van der Waals surface area (Å²) in [7, 11) is 4.88. The van der Waals surface area contributed by atoms with Gasteiger partial charge in [0.1, 0.15) is 0 Å². The van der Waals surface area contributed by atoms with Gasteiger partial charge in [-0.2, -0.15) is 0 Å². The van der Waals surface area contributed by atoms with Crippen LogP contribution in [0.3, 0.4) is 0 Å². The summed E-state index contributed by atoms with van der Waals surface area (Å²) < 4.78 is 15.9. The Balaban J connectivity index is 2.04. The molecule has 0 bridgehead atoms. The van der Waals surface area contributed by atoms with Crippen LogP contribution >= 0.6 is 0 Å². The standard InChI is InChI=1S/C21H28O4/c1-14(10-16-6-8-18(22)20(12-16)24-4)15(2)11-17-7-9-19(23-3)21(13-17)25-5/h6-9,12-15,22H,10-11H2,1-5H3/t14-,15+/m0/s1. The van der Waals surface area contributed by atoms with E-state index < -0.39 is 0 Å². The molecule has 2 aromatic carbocycles. The fraction of sp³-hybridized carbons (Fsp3) is 0.429. The number of phenols is 1. The Labute approximate surface area is 150 Å². The smallest absolute Gasteiger partial charge is 0.160 e. The molecular formula is C21H28O4. The SMILES string of the molecule is COc1cc(C[C@H](C)[C@H](C)Cc2ccc(OC)c(OC)c2)ccc1O. The minimum atomic E-state index is 0.178. The minimum absolute atomic E-state index is 0.178. The van der Waals surface area contributed by atoms with Gasteiger partial charge in [0.05, 0.1) is 21.3 Å². The molecule has 0 aliphatic carbocycles. The lowest BCUT2D eigenvalue weighted by Gasteiger charge is -2.21. The molecule has 1 N–H and O–H groups in total. The van der Waals surface area contributed by atoms with Gasteiger partial charge in [0.2, 0.25) is 0 Å². The number of methoxy groups -OCH3 is 3. The molecule has 2 rings (SSSR count). The van der Waals surface area contributed by atoms with Gasteiger partial charge in [0, 0.05) is 0 Å². The van der Waals surface area contributed by atoms with Gasteiger partial charge in [-0.25, -0.2) is 0 Å². The van der Waals surface area contributed by atoms with Crippen LogP contribution in [0.25, 0.3) is 0 Å². The molecule has 0 spiro atoms. The quantitative estimate of drug-likeness (QED) is 0.767. The van der Waals surface area contributed by atoms with Crippen LogP contribution < -0.4 is 14.2 Å². The lowest BCUT2D eigenvalue weighted by atomic mass is 9.85. The van der Waals surface area contributed by atoms with Crippen molar-refractivity contribution in [2.45, 2.75) is 26.7 Å². The number of phenolic OH excluding ortho intramolecular Hbond substituents is 1. The van der Waals surface area contributed by atoms with Crippen molar-refractivity contribution in [3.8, 4) is 23.0 Å². The molecule has 0 radical (unpaired) electrons. The first-order chi connectivity index (χ1) is 12.0. The maximum absolute atomic E-state index is 9.72. The highest BCUT2D eigenvalue weighted by Crippen LogP contribution is 2.31. The molecule has 0 aliphatic heterocycles. The predicted molar refractivity (Wildman–Crippen MR) is 99.9 cm³/mol. The van der Waals surface area contributed by atoms with E-state index in [9.17, 15) is 5.11 Å². The Kier molecular flexibility index (Phi) is 6.57. The summed E-state index contributed by atoms with van der Waals surface area (Å²) in [6.07, 6.45) is 1.90. The fourth-order valence-corrected chi connectivity index (χ4v) is 3.00.